The van der Waals surface area contributed by atoms with Crippen LogP contribution in [0.3, 0.4) is 0 Å². The molecule has 0 heterocycles. The van der Waals surface area contributed by atoms with Crippen molar-refractivity contribution in [2.45, 2.75) is 20.8 Å². The van der Waals surface area contributed by atoms with E-state index in [9.17, 15) is 0 Å². The van der Waals surface area contributed by atoms with E-state index in [4.69, 9.17) is 0 Å². The third kappa shape index (κ3) is 5.07. The molecule has 2 nitrogen and oxygen atoms in total. The average Bonchev–Trinajstić information content (AvgIpc) is 1.89. The predicted octanol–water partition coefficient (Wildman–Crippen LogP) is 1.55. The molecule has 0 saturated heterocycles. The van der Waals surface area contributed by atoms with Crippen LogP contribution in [-0.2, 0) is 0 Å². The molecule has 0 rings (SSSR count). The van der Waals surface area contributed by atoms with Gasteiger partial charge in [-0.1, -0.05) is 6.08 Å². The number of rotatable bonds is 3. The van der Waals surface area contributed by atoms with Gasteiger partial charge in [-0.05, 0) is 20.8 Å². The molecule has 0 aromatic carbocycles. The minimum atomic E-state index is 0.837. The number of aliphatic imine (C=N–C) groups is 1. The molecule has 0 aromatic rings. The van der Waals surface area contributed by atoms with Crippen molar-refractivity contribution in [3.63, 3.8) is 0 Å². The first-order valence-corrected chi connectivity index (χ1v) is 3.19. The molecule has 0 fully saturated rings. The fourth-order valence-corrected chi connectivity index (χ4v) is 0.322. The molecule has 0 spiro atoms. The molecule has 0 atom stereocenters. The molecule has 9 heavy (non-hydrogen) atoms. The molecule has 1 N–H and O–H groups in total. The number of nitrogens with zero attached hydrogens (tertiary/aromatic N) is 1. The lowest BCUT2D eigenvalue weighted by molar-refractivity contribution is 1.07. The van der Waals surface area contributed by atoms with Crippen LogP contribution in [0.5, 0.6) is 0 Å². The average molecular weight is 126 g/mol. The molecule has 0 aliphatic carbocycles. The first-order chi connectivity index (χ1) is 4.31. The summed E-state index contributed by atoms with van der Waals surface area (Å²) in [5, 5.41) is 3.00. The van der Waals surface area contributed by atoms with Crippen molar-refractivity contribution in [3.05, 3.63) is 11.8 Å². The van der Waals surface area contributed by atoms with Crippen LogP contribution in [0.4, 0.5) is 0 Å². The highest BCUT2D eigenvalue weighted by molar-refractivity contribution is 5.56. The van der Waals surface area contributed by atoms with Crippen LogP contribution in [0.1, 0.15) is 20.8 Å². The van der Waals surface area contributed by atoms with Crippen LogP contribution in [-0.4, -0.2) is 12.9 Å². The molecule has 0 radical (unpaired) electrons. The fraction of sp³-hybridized carbons (Fsp3) is 0.571. The summed E-state index contributed by atoms with van der Waals surface area (Å²) in [4.78, 5) is 3.98. The molecule has 0 amide bonds. The Labute approximate surface area is 56.7 Å². The second kappa shape index (κ2) is 5.35. The van der Waals surface area contributed by atoms with E-state index in [1.165, 1.54) is 0 Å². The van der Waals surface area contributed by atoms with Gasteiger partial charge in [-0.3, -0.25) is 4.99 Å². The van der Waals surface area contributed by atoms with Crippen LogP contribution in [0.25, 0.3) is 0 Å². The zero-order valence-electron chi connectivity index (χ0n) is 6.31. The fourth-order valence-electron chi connectivity index (χ4n) is 0.322. The van der Waals surface area contributed by atoms with Gasteiger partial charge < -0.3 is 5.32 Å². The van der Waals surface area contributed by atoms with E-state index < -0.39 is 0 Å². The Hall–Kier alpha value is -0.790. The minimum Gasteiger partial charge on any atom is -0.351 e. The Bertz CT molecular complexity index is 114. The molecule has 0 saturated carbocycles. The van der Waals surface area contributed by atoms with Gasteiger partial charge in [0.15, 0.2) is 0 Å². The maximum absolute atomic E-state index is 3.98. The maximum atomic E-state index is 3.98. The third-order valence-corrected chi connectivity index (χ3v) is 0.999. The summed E-state index contributed by atoms with van der Waals surface area (Å²) in [6, 6.07) is 0. The van der Waals surface area contributed by atoms with Crippen molar-refractivity contribution in [2.24, 2.45) is 4.99 Å². The summed E-state index contributed by atoms with van der Waals surface area (Å²) in [5.41, 5.74) is 1.13. The zero-order chi connectivity index (χ0) is 7.11. The molecule has 0 bridgehead atoms. The van der Waals surface area contributed by atoms with Gasteiger partial charge in [0.25, 0.3) is 0 Å². The van der Waals surface area contributed by atoms with Gasteiger partial charge in [0, 0.05) is 12.2 Å². The molecule has 0 aromatic heterocycles. The topological polar surface area (TPSA) is 24.4 Å². The maximum Gasteiger partial charge on any atom is 0.0865 e. The van der Waals surface area contributed by atoms with Gasteiger partial charge in [-0.15, -0.1) is 0 Å². The predicted molar refractivity (Wildman–Crippen MR) is 41.6 cm³/mol. The quantitative estimate of drug-likeness (QED) is 0.450. The second-order valence-corrected chi connectivity index (χ2v) is 1.74. The minimum absolute atomic E-state index is 0.837. The van der Waals surface area contributed by atoms with Crippen LogP contribution in [0.2, 0.25) is 0 Å². The summed E-state index contributed by atoms with van der Waals surface area (Å²) in [6.07, 6.45) is 3.72. The Kier molecular flexibility index (Phi) is 4.88. The monoisotopic (exact) mass is 126 g/mol. The van der Waals surface area contributed by atoms with Crippen molar-refractivity contribution < 1.29 is 0 Å². The van der Waals surface area contributed by atoms with E-state index >= 15 is 0 Å². The molecule has 0 aliphatic rings. The lowest BCUT2D eigenvalue weighted by Crippen LogP contribution is -2.07. The SMILES string of the molecule is C/C=C(/C)NC=NCC. The lowest BCUT2D eigenvalue weighted by Gasteiger charge is -1.95. The Morgan fingerprint density at radius 2 is 2.33 bits per heavy atom. The zero-order valence-corrected chi connectivity index (χ0v) is 6.31. The number of nitrogens with one attached hydrogen (secondary N) is 1. The first kappa shape index (κ1) is 8.21. The van der Waals surface area contributed by atoms with E-state index in [0.717, 1.165) is 12.2 Å². The van der Waals surface area contributed by atoms with Crippen molar-refractivity contribution in [2.75, 3.05) is 6.54 Å². The first-order valence-electron chi connectivity index (χ1n) is 3.19. The van der Waals surface area contributed by atoms with Gasteiger partial charge >= 0.3 is 0 Å². The number of allylic oxidation sites excluding steroid dienone is 2. The van der Waals surface area contributed by atoms with Crippen LogP contribution in [0.15, 0.2) is 16.8 Å². The molecular weight excluding hydrogens is 112 g/mol. The normalized spacial score (nSPS) is 12.6. The van der Waals surface area contributed by atoms with Crippen molar-refractivity contribution in [1.29, 1.82) is 0 Å². The molecule has 2 heteroatoms. The van der Waals surface area contributed by atoms with Gasteiger partial charge in [-0.25, -0.2) is 0 Å². The van der Waals surface area contributed by atoms with Crippen molar-refractivity contribution >= 4 is 6.34 Å². The summed E-state index contributed by atoms with van der Waals surface area (Å²) >= 11 is 0. The van der Waals surface area contributed by atoms with E-state index in [-0.39, 0.29) is 0 Å². The van der Waals surface area contributed by atoms with E-state index in [0.29, 0.717) is 0 Å². The second-order valence-electron chi connectivity index (χ2n) is 1.74. The Balaban J connectivity index is 3.38. The van der Waals surface area contributed by atoms with Crippen LogP contribution in [0, 0.1) is 0 Å². The van der Waals surface area contributed by atoms with Crippen LogP contribution >= 0.6 is 0 Å². The summed E-state index contributed by atoms with van der Waals surface area (Å²) in [6.45, 7) is 6.83. The largest absolute Gasteiger partial charge is 0.351 e. The molecule has 52 valence electrons. The van der Waals surface area contributed by atoms with Crippen LogP contribution < -0.4 is 5.32 Å². The van der Waals surface area contributed by atoms with Gasteiger partial charge in [0.2, 0.25) is 0 Å². The van der Waals surface area contributed by atoms with Gasteiger partial charge in [0.1, 0.15) is 0 Å². The standard InChI is InChI=1S/C7H14N2/c1-4-7(3)9-6-8-5-2/h4,6H,5H2,1-3H3,(H,8,9)/b7-4-. The van der Waals surface area contributed by atoms with Gasteiger partial charge in [-0.2, -0.15) is 0 Å². The van der Waals surface area contributed by atoms with Crippen molar-refractivity contribution in [3.8, 4) is 0 Å². The number of hydrogen-bond donors (Lipinski definition) is 1. The third-order valence-electron chi connectivity index (χ3n) is 0.999. The molecule has 0 aliphatic heterocycles. The Morgan fingerprint density at radius 3 is 2.78 bits per heavy atom. The molecular formula is C7H14N2. The smallest absolute Gasteiger partial charge is 0.0865 e. The Morgan fingerprint density at radius 1 is 1.67 bits per heavy atom. The highest BCUT2D eigenvalue weighted by Gasteiger charge is 1.75. The molecule has 0 unspecified atom stereocenters. The number of hydrogen-bond acceptors (Lipinski definition) is 1. The van der Waals surface area contributed by atoms with Crippen molar-refractivity contribution in [1.82, 2.24) is 5.32 Å². The highest BCUT2D eigenvalue weighted by Crippen LogP contribution is 1.80. The van der Waals surface area contributed by atoms with E-state index in [1.54, 1.807) is 6.34 Å². The lowest BCUT2D eigenvalue weighted by atomic mass is 10.5. The van der Waals surface area contributed by atoms with E-state index in [1.807, 2.05) is 26.8 Å². The summed E-state index contributed by atoms with van der Waals surface area (Å²) in [5.74, 6) is 0. The van der Waals surface area contributed by atoms with E-state index in [2.05, 4.69) is 10.3 Å². The van der Waals surface area contributed by atoms with Gasteiger partial charge in [0.05, 0.1) is 6.34 Å². The summed E-state index contributed by atoms with van der Waals surface area (Å²) < 4.78 is 0. The highest BCUT2D eigenvalue weighted by atomic mass is 14.9. The summed E-state index contributed by atoms with van der Waals surface area (Å²) in [7, 11) is 0.